The predicted molar refractivity (Wildman–Crippen MR) is 123 cm³/mol. The summed E-state index contributed by atoms with van der Waals surface area (Å²) < 4.78 is 5.62. The van der Waals surface area contributed by atoms with Crippen molar-refractivity contribution >= 4 is 28.8 Å². The van der Waals surface area contributed by atoms with Crippen LogP contribution in [0.2, 0.25) is 0 Å². The molecule has 3 rings (SSSR count). The van der Waals surface area contributed by atoms with Gasteiger partial charge in [-0.25, -0.2) is 4.79 Å². The van der Waals surface area contributed by atoms with E-state index in [0.717, 1.165) is 22.9 Å². The van der Waals surface area contributed by atoms with Gasteiger partial charge in [0.25, 0.3) is 0 Å². The molecule has 0 bridgehead atoms. The van der Waals surface area contributed by atoms with Crippen molar-refractivity contribution in [2.45, 2.75) is 52.3 Å². The van der Waals surface area contributed by atoms with Crippen molar-refractivity contribution in [1.82, 2.24) is 4.90 Å². The zero-order valence-electron chi connectivity index (χ0n) is 18.5. The average Bonchev–Trinajstić information content (AvgIpc) is 2.75. The molecule has 0 radical (unpaired) electrons. The van der Waals surface area contributed by atoms with Crippen molar-refractivity contribution < 1.29 is 19.1 Å². The summed E-state index contributed by atoms with van der Waals surface area (Å²) in [7, 11) is 0. The molecule has 2 aromatic rings. The molecular formula is C25H29NO4S. The van der Waals surface area contributed by atoms with Crippen LogP contribution in [-0.2, 0) is 27.3 Å². The van der Waals surface area contributed by atoms with Crippen LogP contribution < -0.4 is 0 Å². The SMILES string of the molecule is CC(CSC(=O)c1ccccc1)C(=O)N1Cc2ccccc2C[C@H]1C(=O)OC(C)(C)C. The van der Waals surface area contributed by atoms with Gasteiger partial charge < -0.3 is 9.64 Å². The zero-order valence-corrected chi connectivity index (χ0v) is 19.3. The normalized spacial score (nSPS) is 16.9. The van der Waals surface area contributed by atoms with Gasteiger partial charge in [0.15, 0.2) is 0 Å². The molecule has 5 nitrogen and oxygen atoms in total. The van der Waals surface area contributed by atoms with E-state index in [0.29, 0.717) is 24.3 Å². The molecule has 31 heavy (non-hydrogen) atoms. The average molecular weight is 440 g/mol. The Hall–Kier alpha value is -2.60. The van der Waals surface area contributed by atoms with Crippen LogP contribution in [-0.4, -0.2) is 39.3 Å². The molecule has 0 aromatic heterocycles. The Kier molecular flexibility index (Phi) is 7.21. The fourth-order valence-corrected chi connectivity index (χ4v) is 4.39. The van der Waals surface area contributed by atoms with Crippen molar-refractivity contribution in [3.8, 4) is 0 Å². The first-order valence-electron chi connectivity index (χ1n) is 10.5. The summed E-state index contributed by atoms with van der Waals surface area (Å²) in [5, 5.41) is -0.0621. The summed E-state index contributed by atoms with van der Waals surface area (Å²) in [6.45, 7) is 7.63. The number of fused-ring (bicyclic) bond motifs is 1. The first-order valence-corrected chi connectivity index (χ1v) is 11.5. The van der Waals surface area contributed by atoms with Crippen molar-refractivity contribution in [3.63, 3.8) is 0 Å². The van der Waals surface area contributed by atoms with E-state index < -0.39 is 23.5 Å². The Labute approximate surface area is 188 Å². The minimum absolute atomic E-state index is 0.0621. The molecule has 0 saturated carbocycles. The summed E-state index contributed by atoms with van der Waals surface area (Å²) in [6.07, 6.45) is 0.430. The molecular weight excluding hydrogens is 410 g/mol. The topological polar surface area (TPSA) is 63.7 Å². The van der Waals surface area contributed by atoms with Crippen LogP contribution in [0, 0.1) is 5.92 Å². The van der Waals surface area contributed by atoms with E-state index in [1.807, 2.05) is 63.2 Å². The molecule has 0 aliphatic carbocycles. The van der Waals surface area contributed by atoms with Crippen LogP contribution >= 0.6 is 11.8 Å². The number of carbonyl (C=O) groups excluding carboxylic acids is 3. The number of rotatable bonds is 5. The highest BCUT2D eigenvalue weighted by Gasteiger charge is 2.38. The van der Waals surface area contributed by atoms with Gasteiger partial charge in [-0.15, -0.1) is 0 Å². The molecule has 1 aliphatic heterocycles. The van der Waals surface area contributed by atoms with Crippen LogP contribution in [0.25, 0.3) is 0 Å². The zero-order chi connectivity index (χ0) is 22.6. The second-order valence-corrected chi connectivity index (χ2v) is 9.85. The molecule has 0 fully saturated rings. The van der Waals surface area contributed by atoms with E-state index >= 15 is 0 Å². The third-order valence-electron chi connectivity index (χ3n) is 5.11. The second-order valence-electron chi connectivity index (χ2n) is 8.85. The molecule has 1 aliphatic rings. The molecule has 2 atom stereocenters. The standard InChI is InChI=1S/C25H29NO4S/c1-17(16-31-24(29)18-10-6-5-7-11-18)22(27)26-15-20-13-9-8-12-19(20)14-21(26)23(28)30-25(2,3)4/h5-13,17,21H,14-16H2,1-4H3/t17?,21-/m0/s1. The van der Waals surface area contributed by atoms with Gasteiger partial charge in [-0.2, -0.15) is 0 Å². The predicted octanol–water partition coefficient (Wildman–Crippen LogP) is 4.49. The van der Waals surface area contributed by atoms with Crippen molar-refractivity contribution in [3.05, 3.63) is 71.3 Å². The maximum atomic E-state index is 13.3. The molecule has 0 N–H and O–H groups in total. The number of esters is 1. The Morgan fingerprint density at radius 3 is 2.29 bits per heavy atom. The van der Waals surface area contributed by atoms with Crippen LogP contribution in [0.5, 0.6) is 0 Å². The highest BCUT2D eigenvalue weighted by atomic mass is 32.2. The fourth-order valence-electron chi connectivity index (χ4n) is 3.55. The molecule has 6 heteroatoms. The minimum atomic E-state index is -0.668. The third kappa shape index (κ3) is 5.97. The summed E-state index contributed by atoms with van der Waals surface area (Å²) in [6, 6.07) is 16.2. The molecule has 2 aromatic carbocycles. The highest BCUT2D eigenvalue weighted by Crippen LogP contribution is 2.28. The van der Waals surface area contributed by atoms with E-state index in [9.17, 15) is 14.4 Å². The van der Waals surface area contributed by atoms with Gasteiger partial charge in [-0.05, 0) is 31.9 Å². The van der Waals surface area contributed by atoms with E-state index in [1.165, 1.54) is 0 Å². The lowest BCUT2D eigenvalue weighted by atomic mass is 9.92. The Morgan fingerprint density at radius 1 is 1.03 bits per heavy atom. The second kappa shape index (κ2) is 9.69. The quantitative estimate of drug-likeness (QED) is 0.642. The van der Waals surface area contributed by atoms with E-state index in [2.05, 4.69) is 0 Å². The first kappa shape index (κ1) is 23.1. The first-order chi connectivity index (χ1) is 14.7. The van der Waals surface area contributed by atoms with Gasteiger partial charge in [0.05, 0.1) is 0 Å². The Balaban J connectivity index is 1.74. The van der Waals surface area contributed by atoms with Crippen LogP contribution in [0.3, 0.4) is 0 Å². The van der Waals surface area contributed by atoms with Gasteiger partial charge >= 0.3 is 5.97 Å². The van der Waals surface area contributed by atoms with Crippen molar-refractivity contribution in [2.75, 3.05) is 5.75 Å². The molecule has 0 saturated heterocycles. The van der Waals surface area contributed by atoms with E-state index in [1.54, 1.807) is 24.0 Å². The van der Waals surface area contributed by atoms with Crippen LogP contribution in [0.4, 0.5) is 0 Å². The lowest BCUT2D eigenvalue weighted by molar-refractivity contribution is -0.166. The smallest absolute Gasteiger partial charge is 0.329 e. The van der Waals surface area contributed by atoms with E-state index in [4.69, 9.17) is 4.74 Å². The number of thioether (sulfide) groups is 1. The van der Waals surface area contributed by atoms with Crippen molar-refractivity contribution in [2.24, 2.45) is 5.92 Å². The third-order valence-corrected chi connectivity index (χ3v) is 6.27. The van der Waals surface area contributed by atoms with Gasteiger partial charge in [-0.1, -0.05) is 73.3 Å². The number of carbonyl (C=O) groups is 3. The monoisotopic (exact) mass is 439 g/mol. The molecule has 1 unspecified atom stereocenters. The fraction of sp³-hybridized carbons (Fsp3) is 0.400. The summed E-state index contributed by atoms with van der Waals surface area (Å²) in [5.74, 6) is -0.590. The number of hydrogen-bond donors (Lipinski definition) is 0. The van der Waals surface area contributed by atoms with Gasteiger partial charge in [0, 0.05) is 30.2 Å². The van der Waals surface area contributed by atoms with Gasteiger partial charge in [-0.3, -0.25) is 9.59 Å². The Bertz CT molecular complexity index is 951. The molecule has 164 valence electrons. The van der Waals surface area contributed by atoms with Gasteiger partial charge in [0.1, 0.15) is 11.6 Å². The number of benzene rings is 2. The highest BCUT2D eigenvalue weighted by molar-refractivity contribution is 8.14. The number of amides is 1. The maximum Gasteiger partial charge on any atom is 0.329 e. The lowest BCUT2D eigenvalue weighted by Gasteiger charge is -2.38. The van der Waals surface area contributed by atoms with Crippen molar-refractivity contribution in [1.29, 1.82) is 0 Å². The Morgan fingerprint density at radius 2 is 1.65 bits per heavy atom. The molecule has 0 spiro atoms. The maximum absolute atomic E-state index is 13.3. The van der Waals surface area contributed by atoms with Crippen LogP contribution in [0.15, 0.2) is 54.6 Å². The minimum Gasteiger partial charge on any atom is -0.458 e. The number of ether oxygens (including phenoxy) is 1. The lowest BCUT2D eigenvalue weighted by Crippen LogP contribution is -2.52. The van der Waals surface area contributed by atoms with Gasteiger partial charge in [0.2, 0.25) is 11.0 Å². The van der Waals surface area contributed by atoms with Crippen LogP contribution in [0.1, 0.15) is 49.2 Å². The molecule has 1 heterocycles. The number of hydrogen-bond acceptors (Lipinski definition) is 5. The molecule has 1 amide bonds. The summed E-state index contributed by atoms with van der Waals surface area (Å²) >= 11 is 1.13. The summed E-state index contributed by atoms with van der Waals surface area (Å²) in [4.78, 5) is 40.3. The number of nitrogens with zero attached hydrogens (tertiary/aromatic N) is 1. The van der Waals surface area contributed by atoms with E-state index in [-0.39, 0.29) is 11.0 Å². The summed E-state index contributed by atoms with van der Waals surface area (Å²) in [5.41, 5.74) is 2.08. The largest absolute Gasteiger partial charge is 0.458 e.